The van der Waals surface area contributed by atoms with Gasteiger partial charge in [0.2, 0.25) is 23.6 Å². The second-order valence-electron chi connectivity index (χ2n) is 8.65. The molecule has 0 bridgehead atoms. The number of carbonyl (C=O) groups is 5. The third-order valence-electron chi connectivity index (χ3n) is 5.42. The Morgan fingerprint density at radius 2 is 1.39 bits per heavy atom. The number of aliphatic imine (C=N–C) groups is 1. The maximum absolute atomic E-state index is 13.1. The number of aliphatic carboxylic acids is 1. The summed E-state index contributed by atoms with van der Waals surface area (Å²) in [6.45, 7) is 0.612. The highest BCUT2D eigenvalue weighted by Crippen LogP contribution is 2.07. The van der Waals surface area contributed by atoms with Crippen molar-refractivity contribution in [3.05, 3.63) is 0 Å². The average molecular weight is 562 g/mol. The molecule has 0 aliphatic heterocycles. The van der Waals surface area contributed by atoms with Gasteiger partial charge in [0, 0.05) is 13.0 Å². The fourth-order valence-electron chi connectivity index (χ4n) is 3.28. The lowest BCUT2D eigenvalue weighted by Gasteiger charge is -2.25. The van der Waals surface area contributed by atoms with E-state index in [0.29, 0.717) is 31.6 Å². The van der Waals surface area contributed by atoms with Crippen molar-refractivity contribution in [2.24, 2.45) is 33.7 Å². The van der Waals surface area contributed by atoms with Gasteiger partial charge < -0.3 is 49.7 Å². The molecule has 0 aliphatic rings. The van der Waals surface area contributed by atoms with Crippen LogP contribution in [-0.2, 0) is 24.0 Å². The number of carboxylic acid groups (broad SMARTS) is 1. The molecule has 38 heavy (non-hydrogen) atoms. The Hall–Kier alpha value is -3.11. The molecule has 14 N–H and O–H groups in total. The number of nitrogens with zero attached hydrogens (tertiary/aromatic N) is 1. The van der Waals surface area contributed by atoms with Crippen LogP contribution in [-0.4, -0.2) is 89.9 Å². The van der Waals surface area contributed by atoms with E-state index in [1.54, 1.807) is 6.26 Å². The average Bonchev–Trinajstić information content (AvgIpc) is 2.85. The van der Waals surface area contributed by atoms with Gasteiger partial charge >= 0.3 is 5.97 Å². The first kappa shape index (κ1) is 34.9. The van der Waals surface area contributed by atoms with Gasteiger partial charge in [0.15, 0.2) is 5.96 Å². The van der Waals surface area contributed by atoms with Gasteiger partial charge in [-0.1, -0.05) is 6.42 Å². The molecule has 0 saturated heterocycles. The minimum Gasteiger partial charge on any atom is -0.480 e. The molecule has 0 heterocycles. The molecule has 0 rings (SSSR count). The fraction of sp³-hybridized carbons (Fsp3) is 0.727. The molecule has 4 amide bonds. The lowest BCUT2D eigenvalue weighted by molar-refractivity contribution is -0.142. The number of carboxylic acids is 1. The van der Waals surface area contributed by atoms with Gasteiger partial charge in [-0.05, 0) is 57.1 Å². The second kappa shape index (κ2) is 19.9. The molecule has 4 atom stereocenters. The van der Waals surface area contributed by atoms with E-state index >= 15 is 0 Å². The first-order chi connectivity index (χ1) is 17.9. The molecule has 218 valence electrons. The van der Waals surface area contributed by atoms with E-state index in [0.717, 1.165) is 0 Å². The number of rotatable bonds is 21. The van der Waals surface area contributed by atoms with Gasteiger partial charge in [-0.3, -0.25) is 24.2 Å². The Kier molecular flexibility index (Phi) is 18.3. The van der Waals surface area contributed by atoms with Crippen LogP contribution >= 0.6 is 11.8 Å². The number of amides is 4. The van der Waals surface area contributed by atoms with Crippen molar-refractivity contribution < 1.29 is 29.1 Å². The smallest absolute Gasteiger partial charge is 0.326 e. The summed E-state index contributed by atoms with van der Waals surface area (Å²) >= 11 is 1.42. The van der Waals surface area contributed by atoms with Crippen molar-refractivity contribution in [2.75, 3.05) is 25.1 Å². The van der Waals surface area contributed by atoms with Gasteiger partial charge in [-0.25, -0.2) is 4.79 Å². The van der Waals surface area contributed by atoms with Crippen LogP contribution in [0.1, 0.15) is 51.4 Å². The number of hydrogen-bond donors (Lipinski definition) is 9. The minimum atomic E-state index is -1.21. The summed E-state index contributed by atoms with van der Waals surface area (Å²) in [4.78, 5) is 65.4. The largest absolute Gasteiger partial charge is 0.480 e. The van der Waals surface area contributed by atoms with Crippen LogP contribution in [0.25, 0.3) is 0 Å². The zero-order valence-electron chi connectivity index (χ0n) is 21.8. The molecule has 15 nitrogen and oxygen atoms in total. The van der Waals surface area contributed by atoms with Crippen molar-refractivity contribution >= 4 is 47.3 Å². The number of thioether (sulfide) groups is 1. The van der Waals surface area contributed by atoms with Crippen molar-refractivity contribution in [1.29, 1.82) is 0 Å². The topological polar surface area (TPSA) is 284 Å². The van der Waals surface area contributed by atoms with E-state index in [9.17, 15) is 29.1 Å². The van der Waals surface area contributed by atoms with E-state index in [1.165, 1.54) is 11.8 Å². The van der Waals surface area contributed by atoms with E-state index in [4.69, 9.17) is 28.7 Å². The second-order valence-corrected chi connectivity index (χ2v) is 9.63. The molecule has 0 aromatic carbocycles. The summed E-state index contributed by atoms with van der Waals surface area (Å²) in [5.74, 6) is -3.65. The van der Waals surface area contributed by atoms with Crippen LogP contribution in [0.2, 0.25) is 0 Å². The Bertz CT molecular complexity index is 810. The molecule has 0 spiro atoms. The van der Waals surface area contributed by atoms with Crippen LogP contribution in [0.15, 0.2) is 4.99 Å². The lowest BCUT2D eigenvalue weighted by atomic mass is 10.0. The van der Waals surface area contributed by atoms with Crippen LogP contribution in [0.4, 0.5) is 0 Å². The number of carbonyl (C=O) groups excluding carboxylic acids is 4. The highest BCUT2D eigenvalue weighted by Gasteiger charge is 2.30. The number of nitrogens with one attached hydrogen (secondary N) is 3. The predicted molar refractivity (Wildman–Crippen MR) is 146 cm³/mol. The van der Waals surface area contributed by atoms with Gasteiger partial charge in [0.25, 0.3) is 0 Å². The van der Waals surface area contributed by atoms with Crippen LogP contribution in [0, 0.1) is 0 Å². The SMILES string of the molecule is CSCCC(NC(=O)C(CCCN=C(N)N)NC(=O)C(CCC(N)=O)NC(=O)C(N)CCCCN)C(=O)O. The molecule has 4 unspecified atom stereocenters. The quantitative estimate of drug-likeness (QED) is 0.0388. The summed E-state index contributed by atoms with van der Waals surface area (Å²) in [6.07, 6.45) is 3.62. The third-order valence-corrected chi connectivity index (χ3v) is 6.07. The number of guanidine groups is 1. The lowest BCUT2D eigenvalue weighted by Crippen LogP contribution is -2.57. The number of unbranched alkanes of at least 4 members (excludes halogenated alkanes) is 1. The van der Waals surface area contributed by atoms with Crippen molar-refractivity contribution in [3.63, 3.8) is 0 Å². The first-order valence-electron chi connectivity index (χ1n) is 12.3. The Balaban J connectivity index is 5.62. The molecule has 16 heteroatoms. The first-order valence-corrected chi connectivity index (χ1v) is 13.7. The highest BCUT2D eigenvalue weighted by molar-refractivity contribution is 7.98. The maximum atomic E-state index is 13.1. The zero-order chi connectivity index (χ0) is 29.1. The minimum absolute atomic E-state index is 0.0678. The summed E-state index contributed by atoms with van der Waals surface area (Å²) in [7, 11) is 0. The molecule has 0 fully saturated rings. The van der Waals surface area contributed by atoms with Crippen molar-refractivity contribution in [2.45, 2.75) is 75.5 Å². The van der Waals surface area contributed by atoms with Gasteiger partial charge in [0.1, 0.15) is 18.1 Å². The van der Waals surface area contributed by atoms with Crippen LogP contribution in [0.5, 0.6) is 0 Å². The predicted octanol–water partition coefficient (Wildman–Crippen LogP) is -2.95. The molecular formula is C22H43N9O6S. The Labute approximate surface area is 226 Å². The van der Waals surface area contributed by atoms with Gasteiger partial charge in [-0.2, -0.15) is 11.8 Å². The van der Waals surface area contributed by atoms with E-state index in [2.05, 4.69) is 20.9 Å². The van der Waals surface area contributed by atoms with Crippen molar-refractivity contribution in [1.82, 2.24) is 16.0 Å². The van der Waals surface area contributed by atoms with Crippen LogP contribution in [0.3, 0.4) is 0 Å². The molecule has 0 aromatic rings. The summed E-state index contributed by atoms with van der Waals surface area (Å²) in [5.41, 5.74) is 27.2. The molecule has 0 aliphatic carbocycles. The monoisotopic (exact) mass is 561 g/mol. The van der Waals surface area contributed by atoms with E-state index in [-0.39, 0.29) is 44.6 Å². The fourth-order valence-corrected chi connectivity index (χ4v) is 3.76. The van der Waals surface area contributed by atoms with E-state index < -0.39 is 53.8 Å². The maximum Gasteiger partial charge on any atom is 0.326 e. The number of primary amides is 1. The molecular weight excluding hydrogens is 518 g/mol. The summed E-state index contributed by atoms with van der Waals surface area (Å²) in [6, 6.07) is -4.45. The van der Waals surface area contributed by atoms with Crippen molar-refractivity contribution in [3.8, 4) is 0 Å². The summed E-state index contributed by atoms with van der Waals surface area (Å²) in [5, 5.41) is 17.0. The standard InChI is InChI=1S/C22H43N9O6S/c1-38-12-9-16(21(36)37)31-19(34)14(6-4-11-28-22(26)27)30-20(35)15(7-8-17(25)32)29-18(33)13(24)5-2-3-10-23/h13-16H,2-12,23-24H2,1H3,(H2,25,32)(H,29,33)(H,30,35)(H,31,34)(H,36,37)(H4,26,27,28). The van der Waals surface area contributed by atoms with E-state index in [1.807, 2.05) is 0 Å². The molecule has 0 aromatic heterocycles. The Morgan fingerprint density at radius 3 is 1.92 bits per heavy atom. The number of hydrogen-bond acceptors (Lipinski definition) is 9. The van der Waals surface area contributed by atoms with Gasteiger partial charge in [0.05, 0.1) is 6.04 Å². The highest BCUT2D eigenvalue weighted by atomic mass is 32.2. The molecule has 0 saturated carbocycles. The Morgan fingerprint density at radius 1 is 0.816 bits per heavy atom. The van der Waals surface area contributed by atoms with Crippen LogP contribution < -0.4 is 44.6 Å². The summed E-state index contributed by atoms with van der Waals surface area (Å²) < 4.78 is 0. The zero-order valence-corrected chi connectivity index (χ0v) is 22.6. The third kappa shape index (κ3) is 15.9. The normalized spacial score (nSPS) is 13.9. The molecule has 0 radical (unpaired) electrons. The number of nitrogens with two attached hydrogens (primary N) is 5. The van der Waals surface area contributed by atoms with Gasteiger partial charge in [-0.15, -0.1) is 0 Å².